The fraction of sp³-hybridized carbons (Fsp3) is 0.857. The molecular weight excluding hydrogens is 148 g/mol. The first-order valence-corrected chi connectivity index (χ1v) is 3.64. The van der Waals surface area contributed by atoms with Crippen LogP contribution in [0.25, 0.3) is 0 Å². The van der Waals surface area contributed by atoms with Crippen LogP contribution in [0.1, 0.15) is 12.8 Å². The standard InChI is InChI=1S/C7H13O4/c1-2-4-3-5(8)11-7(10)6(4)9/h4-10H,1-3H2. The second-order valence-electron chi connectivity index (χ2n) is 2.76. The molecule has 0 spiro atoms. The predicted molar refractivity (Wildman–Crippen MR) is 37.2 cm³/mol. The minimum atomic E-state index is -1.27. The van der Waals surface area contributed by atoms with E-state index in [4.69, 9.17) is 10.2 Å². The molecule has 4 atom stereocenters. The highest BCUT2D eigenvalue weighted by molar-refractivity contribution is 4.77. The van der Waals surface area contributed by atoms with E-state index in [1.807, 2.05) is 0 Å². The lowest BCUT2D eigenvalue weighted by molar-refractivity contribution is -0.283. The Labute approximate surface area is 65.4 Å². The van der Waals surface area contributed by atoms with Crippen molar-refractivity contribution in [1.82, 2.24) is 0 Å². The Morgan fingerprint density at radius 3 is 2.55 bits per heavy atom. The van der Waals surface area contributed by atoms with Crippen molar-refractivity contribution >= 4 is 0 Å². The van der Waals surface area contributed by atoms with Crippen LogP contribution in [0.2, 0.25) is 0 Å². The average Bonchev–Trinajstić information content (AvgIpc) is 1.96. The maximum absolute atomic E-state index is 9.23. The molecule has 1 radical (unpaired) electrons. The first kappa shape index (κ1) is 8.93. The van der Waals surface area contributed by atoms with Gasteiger partial charge in [0.2, 0.25) is 0 Å². The topological polar surface area (TPSA) is 69.9 Å². The third kappa shape index (κ3) is 1.90. The first-order chi connectivity index (χ1) is 5.15. The van der Waals surface area contributed by atoms with E-state index in [2.05, 4.69) is 11.7 Å². The molecule has 0 amide bonds. The number of aliphatic hydroxyl groups is 3. The third-order valence-corrected chi connectivity index (χ3v) is 1.95. The van der Waals surface area contributed by atoms with Gasteiger partial charge in [-0.05, 0) is 12.3 Å². The molecule has 3 N–H and O–H groups in total. The zero-order valence-corrected chi connectivity index (χ0v) is 6.18. The third-order valence-electron chi connectivity index (χ3n) is 1.95. The highest BCUT2D eigenvalue weighted by Crippen LogP contribution is 2.25. The van der Waals surface area contributed by atoms with E-state index in [0.717, 1.165) is 0 Å². The Hall–Kier alpha value is -0.160. The summed E-state index contributed by atoms with van der Waals surface area (Å²) in [6.45, 7) is 3.59. The van der Waals surface area contributed by atoms with Gasteiger partial charge in [0.25, 0.3) is 0 Å². The van der Waals surface area contributed by atoms with Crippen LogP contribution in [0, 0.1) is 12.8 Å². The SMILES string of the molecule is [CH2]CC1CC(O)OC(O)C1O. The molecule has 11 heavy (non-hydrogen) atoms. The van der Waals surface area contributed by atoms with E-state index in [1.54, 1.807) is 0 Å². The van der Waals surface area contributed by atoms with Gasteiger partial charge >= 0.3 is 0 Å². The van der Waals surface area contributed by atoms with E-state index >= 15 is 0 Å². The number of hydrogen-bond donors (Lipinski definition) is 3. The van der Waals surface area contributed by atoms with Gasteiger partial charge in [-0.2, -0.15) is 0 Å². The molecule has 1 heterocycles. The van der Waals surface area contributed by atoms with E-state index in [0.29, 0.717) is 12.8 Å². The Morgan fingerprint density at radius 1 is 1.36 bits per heavy atom. The smallest absolute Gasteiger partial charge is 0.184 e. The number of hydrogen-bond acceptors (Lipinski definition) is 4. The van der Waals surface area contributed by atoms with Gasteiger partial charge in [-0.15, -0.1) is 0 Å². The van der Waals surface area contributed by atoms with Crippen LogP contribution in [-0.2, 0) is 4.74 Å². The van der Waals surface area contributed by atoms with E-state index < -0.39 is 18.7 Å². The number of ether oxygens (including phenoxy) is 1. The minimum Gasteiger partial charge on any atom is -0.388 e. The highest BCUT2D eigenvalue weighted by Gasteiger charge is 2.34. The summed E-state index contributed by atoms with van der Waals surface area (Å²) >= 11 is 0. The van der Waals surface area contributed by atoms with Crippen molar-refractivity contribution in [2.75, 3.05) is 0 Å². The summed E-state index contributed by atoms with van der Waals surface area (Å²) in [5.41, 5.74) is 0. The molecule has 1 aliphatic rings. The molecule has 1 fully saturated rings. The van der Waals surface area contributed by atoms with Crippen LogP contribution < -0.4 is 0 Å². The molecule has 1 saturated heterocycles. The molecular formula is C7H13O4. The van der Waals surface area contributed by atoms with Crippen molar-refractivity contribution in [3.05, 3.63) is 6.92 Å². The summed E-state index contributed by atoms with van der Waals surface area (Å²) in [6, 6.07) is 0. The van der Waals surface area contributed by atoms with Gasteiger partial charge < -0.3 is 20.1 Å². The number of aliphatic hydroxyl groups excluding tert-OH is 3. The summed E-state index contributed by atoms with van der Waals surface area (Å²) in [4.78, 5) is 0. The lowest BCUT2D eigenvalue weighted by atomic mass is 9.93. The molecule has 4 unspecified atom stereocenters. The fourth-order valence-electron chi connectivity index (χ4n) is 1.22. The van der Waals surface area contributed by atoms with Crippen LogP contribution >= 0.6 is 0 Å². The maximum Gasteiger partial charge on any atom is 0.184 e. The molecule has 0 saturated carbocycles. The van der Waals surface area contributed by atoms with Crippen LogP contribution in [0.15, 0.2) is 0 Å². The Balaban J connectivity index is 2.51. The summed E-state index contributed by atoms with van der Waals surface area (Å²) in [6.07, 6.45) is -2.35. The summed E-state index contributed by atoms with van der Waals surface area (Å²) in [7, 11) is 0. The molecule has 1 rings (SSSR count). The summed E-state index contributed by atoms with van der Waals surface area (Å²) < 4.78 is 4.56. The zero-order valence-electron chi connectivity index (χ0n) is 6.18. The molecule has 4 nitrogen and oxygen atoms in total. The quantitative estimate of drug-likeness (QED) is 0.473. The lowest BCUT2D eigenvalue weighted by Crippen LogP contribution is -2.44. The molecule has 0 aromatic carbocycles. The lowest BCUT2D eigenvalue weighted by Gasteiger charge is -2.33. The van der Waals surface area contributed by atoms with E-state index in [9.17, 15) is 5.11 Å². The maximum atomic E-state index is 9.23. The fourth-order valence-corrected chi connectivity index (χ4v) is 1.22. The molecule has 0 aromatic heterocycles. The van der Waals surface area contributed by atoms with Crippen molar-refractivity contribution in [3.8, 4) is 0 Å². The molecule has 4 heteroatoms. The first-order valence-electron chi connectivity index (χ1n) is 3.64. The normalized spacial score (nSPS) is 45.8. The van der Waals surface area contributed by atoms with Crippen LogP contribution in [-0.4, -0.2) is 34.0 Å². The van der Waals surface area contributed by atoms with E-state index in [1.165, 1.54) is 0 Å². The van der Waals surface area contributed by atoms with Gasteiger partial charge in [-0.25, -0.2) is 0 Å². The minimum absolute atomic E-state index is 0.172. The Morgan fingerprint density at radius 2 is 2.00 bits per heavy atom. The van der Waals surface area contributed by atoms with Crippen molar-refractivity contribution < 1.29 is 20.1 Å². The Bertz CT molecular complexity index is 128. The van der Waals surface area contributed by atoms with Crippen LogP contribution in [0.3, 0.4) is 0 Å². The van der Waals surface area contributed by atoms with Gasteiger partial charge in [0.05, 0.1) is 0 Å². The monoisotopic (exact) mass is 161 g/mol. The Kier molecular flexibility index (Phi) is 2.84. The van der Waals surface area contributed by atoms with Crippen LogP contribution in [0.5, 0.6) is 0 Å². The van der Waals surface area contributed by atoms with Crippen molar-refractivity contribution in [2.24, 2.45) is 5.92 Å². The van der Waals surface area contributed by atoms with Crippen LogP contribution in [0.4, 0.5) is 0 Å². The molecule has 1 aliphatic heterocycles. The van der Waals surface area contributed by atoms with Gasteiger partial charge in [-0.3, -0.25) is 0 Å². The van der Waals surface area contributed by atoms with Gasteiger partial charge in [0, 0.05) is 6.42 Å². The predicted octanol–water partition coefficient (Wildman–Crippen LogP) is -0.755. The summed E-state index contributed by atoms with van der Waals surface area (Å²) in [5.74, 6) is -0.172. The average molecular weight is 161 g/mol. The highest BCUT2D eigenvalue weighted by atomic mass is 16.7. The molecule has 0 aromatic rings. The number of rotatable bonds is 1. The second kappa shape index (κ2) is 3.49. The van der Waals surface area contributed by atoms with Crippen molar-refractivity contribution in [2.45, 2.75) is 31.5 Å². The van der Waals surface area contributed by atoms with Gasteiger partial charge in [0.1, 0.15) is 6.10 Å². The zero-order chi connectivity index (χ0) is 8.43. The largest absolute Gasteiger partial charge is 0.388 e. The summed E-state index contributed by atoms with van der Waals surface area (Å²) in [5, 5.41) is 27.2. The molecule has 0 aliphatic carbocycles. The van der Waals surface area contributed by atoms with Gasteiger partial charge in [0.15, 0.2) is 12.6 Å². The van der Waals surface area contributed by atoms with Gasteiger partial charge in [-0.1, -0.05) is 6.92 Å². The second-order valence-corrected chi connectivity index (χ2v) is 2.76. The molecule has 0 bridgehead atoms. The van der Waals surface area contributed by atoms with Crippen molar-refractivity contribution in [1.29, 1.82) is 0 Å². The molecule has 65 valence electrons. The van der Waals surface area contributed by atoms with Crippen molar-refractivity contribution in [3.63, 3.8) is 0 Å². The van der Waals surface area contributed by atoms with E-state index in [-0.39, 0.29) is 5.92 Å².